The Morgan fingerprint density at radius 1 is 1.06 bits per heavy atom. The van der Waals surface area contributed by atoms with E-state index in [4.69, 9.17) is 14.6 Å². The molecule has 0 spiro atoms. The number of carboxylic acids is 1. The molecular weight excluding hydrogens is 425 g/mol. The van der Waals surface area contributed by atoms with Crippen molar-refractivity contribution in [3.8, 4) is 22.9 Å². The van der Waals surface area contributed by atoms with Gasteiger partial charge in [0.25, 0.3) is 11.8 Å². The second-order valence-corrected chi connectivity index (χ2v) is 6.62. The molecule has 0 aliphatic rings. The van der Waals surface area contributed by atoms with Crippen LogP contribution in [0.2, 0.25) is 0 Å². The van der Waals surface area contributed by atoms with Gasteiger partial charge in [-0.1, -0.05) is 0 Å². The van der Waals surface area contributed by atoms with Crippen LogP contribution >= 0.6 is 0 Å². The van der Waals surface area contributed by atoms with Gasteiger partial charge in [-0.25, -0.2) is 9.18 Å². The molecule has 1 amide bonds. The normalized spacial score (nSPS) is 10.9. The van der Waals surface area contributed by atoms with Crippen molar-refractivity contribution in [3.63, 3.8) is 0 Å². The minimum Gasteiger partial charge on any atom is -0.476 e. The number of primary amides is 1. The number of benzene rings is 1. The van der Waals surface area contributed by atoms with Crippen molar-refractivity contribution in [1.82, 2.24) is 20.0 Å². The quantitative estimate of drug-likeness (QED) is 0.411. The number of carboxylic acid groups (broad SMARTS) is 1. The van der Waals surface area contributed by atoms with E-state index in [2.05, 4.69) is 15.2 Å². The van der Waals surface area contributed by atoms with Crippen molar-refractivity contribution < 1.29 is 32.7 Å². The molecule has 1 aromatic carbocycles. The molecule has 0 atom stereocenters. The summed E-state index contributed by atoms with van der Waals surface area (Å²) in [6.07, 6.45) is 0. The Labute approximate surface area is 178 Å². The van der Waals surface area contributed by atoms with Crippen LogP contribution in [0.3, 0.4) is 0 Å². The topological polar surface area (TPSA) is 167 Å². The molecule has 32 heavy (non-hydrogen) atoms. The van der Waals surface area contributed by atoms with E-state index in [-0.39, 0.29) is 46.7 Å². The van der Waals surface area contributed by atoms with Crippen molar-refractivity contribution in [2.24, 2.45) is 5.73 Å². The highest BCUT2D eigenvalue weighted by molar-refractivity contribution is 5.97. The van der Waals surface area contributed by atoms with Crippen LogP contribution in [0.5, 0.6) is 0 Å². The standard InChI is InChI=1S/C20H14FN5O6/c1-9(27)13-7-6-12(31-13)8-26-24-14(18(22)28)15(25-26)19-23-16(20(29)30)17(32-19)10-2-4-11(21)5-3-10/h2-7H,8H2,1H3,(H2,22,28)(H,29,30). The van der Waals surface area contributed by atoms with Crippen LogP contribution in [0.25, 0.3) is 22.9 Å². The van der Waals surface area contributed by atoms with Gasteiger partial charge in [-0.05, 0) is 36.4 Å². The first kappa shape index (κ1) is 20.7. The van der Waals surface area contributed by atoms with Crippen molar-refractivity contribution in [3.05, 3.63) is 65.1 Å². The largest absolute Gasteiger partial charge is 0.476 e. The van der Waals surface area contributed by atoms with E-state index < -0.39 is 23.4 Å². The summed E-state index contributed by atoms with van der Waals surface area (Å²) in [6, 6.07) is 7.94. The SMILES string of the molecule is CC(=O)c1ccc(Cn2nc(C(N)=O)c(-c3nc(C(=O)O)c(-c4ccc(F)cc4)o3)n2)o1. The molecule has 0 fully saturated rings. The number of rotatable bonds is 7. The van der Waals surface area contributed by atoms with E-state index in [9.17, 15) is 23.9 Å². The molecule has 12 heteroatoms. The molecule has 0 bridgehead atoms. The molecular formula is C20H14FN5O6. The number of nitrogens with two attached hydrogens (primary N) is 1. The number of Topliss-reactive ketones (excluding diaryl/α,β-unsaturated/α-hetero) is 1. The first-order valence-corrected chi connectivity index (χ1v) is 9.08. The number of carbonyl (C=O) groups excluding carboxylic acids is 2. The molecule has 0 saturated carbocycles. The third-order valence-electron chi connectivity index (χ3n) is 4.33. The molecule has 0 radical (unpaired) electrons. The molecule has 0 unspecified atom stereocenters. The Hall–Kier alpha value is -4.61. The third kappa shape index (κ3) is 3.88. The van der Waals surface area contributed by atoms with Gasteiger partial charge in [0.2, 0.25) is 0 Å². The second kappa shape index (κ2) is 7.91. The maximum atomic E-state index is 13.2. The fraction of sp³-hybridized carbons (Fsp3) is 0.100. The fourth-order valence-electron chi connectivity index (χ4n) is 2.88. The van der Waals surface area contributed by atoms with Gasteiger partial charge < -0.3 is 19.7 Å². The average molecular weight is 439 g/mol. The highest BCUT2D eigenvalue weighted by atomic mass is 19.1. The van der Waals surface area contributed by atoms with Crippen molar-refractivity contribution in [2.75, 3.05) is 0 Å². The van der Waals surface area contributed by atoms with E-state index in [1.54, 1.807) is 6.07 Å². The molecule has 4 rings (SSSR count). The molecule has 4 aromatic rings. The van der Waals surface area contributed by atoms with Crippen LogP contribution in [0.4, 0.5) is 4.39 Å². The van der Waals surface area contributed by atoms with Crippen molar-refractivity contribution >= 4 is 17.7 Å². The van der Waals surface area contributed by atoms with Gasteiger partial charge in [0.15, 0.2) is 34.4 Å². The average Bonchev–Trinajstić information content (AvgIpc) is 3.46. The zero-order chi connectivity index (χ0) is 23.0. The maximum Gasteiger partial charge on any atom is 0.358 e. The first-order valence-electron chi connectivity index (χ1n) is 9.08. The summed E-state index contributed by atoms with van der Waals surface area (Å²) in [6.45, 7) is 1.30. The number of nitrogens with zero attached hydrogens (tertiary/aromatic N) is 4. The summed E-state index contributed by atoms with van der Waals surface area (Å²) in [5.74, 6) is -3.13. The molecule has 162 valence electrons. The van der Waals surface area contributed by atoms with E-state index >= 15 is 0 Å². The third-order valence-corrected chi connectivity index (χ3v) is 4.33. The maximum absolute atomic E-state index is 13.2. The van der Waals surface area contributed by atoms with E-state index in [0.717, 1.165) is 16.9 Å². The number of amides is 1. The molecule has 0 aliphatic heterocycles. The lowest BCUT2D eigenvalue weighted by molar-refractivity contribution is 0.0691. The lowest BCUT2D eigenvalue weighted by Crippen LogP contribution is -2.13. The lowest BCUT2D eigenvalue weighted by Gasteiger charge is -1.97. The summed E-state index contributed by atoms with van der Waals surface area (Å²) in [4.78, 5) is 39.9. The van der Waals surface area contributed by atoms with Crippen LogP contribution in [0.15, 0.2) is 45.2 Å². The van der Waals surface area contributed by atoms with E-state index in [1.807, 2.05) is 0 Å². The van der Waals surface area contributed by atoms with Gasteiger partial charge in [0, 0.05) is 12.5 Å². The Bertz CT molecular complexity index is 1350. The number of oxazole rings is 1. The van der Waals surface area contributed by atoms with Crippen LogP contribution in [-0.2, 0) is 6.54 Å². The number of carbonyl (C=O) groups is 3. The number of ketones is 1. The van der Waals surface area contributed by atoms with Gasteiger partial charge >= 0.3 is 5.97 Å². The monoisotopic (exact) mass is 439 g/mol. The summed E-state index contributed by atoms with van der Waals surface area (Å²) in [7, 11) is 0. The Morgan fingerprint density at radius 2 is 1.78 bits per heavy atom. The van der Waals surface area contributed by atoms with Gasteiger partial charge in [-0.15, -0.1) is 10.2 Å². The minimum absolute atomic E-state index is 0.0507. The molecule has 3 heterocycles. The molecule has 11 nitrogen and oxygen atoms in total. The first-order chi connectivity index (χ1) is 15.2. The van der Waals surface area contributed by atoms with Gasteiger partial charge in [0.05, 0.1) is 0 Å². The number of hydrogen-bond acceptors (Lipinski definition) is 8. The number of hydrogen-bond donors (Lipinski definition) is 2. The van der Waals surface area contributed by atoms with Crippen LogP contribution in [-0.4, -0.2) is 42.7 Å². The van der Waals surface area contributed by atoms with E-state index in [1.165, 1.54) is 25.1 Å². The molecule has 3 N–H and O–H groups in total. The van der Waals surface area contributed by atoms with Crippen molar-refractivity contribution in [2.45, 2.75) is 13.5 Å². The molecule has 0 saturated heterocycles. The van der Waals surface area contributed by atoms with Crippen molar-refractivity contribution in [1.29, 1.82) is 0 Å². The van der Waals surface area contributed by atoms with Gasteiger partial charge in [-0.2, -0.15) is 9.78 Å². The summed E-state index contributed by atoms with van der Waals surface area (Å²) in [5.41, 5.74) is 4.67. The highest BCUT2D eigenvalue weighted by Crippen LogP contribution is 2.30. The van der Waals surface area contributed by atoms with E-state index in [0.29, 0.717) is 5.76 Å². The van der Waals surface area contributed by atoms with Crippen LogP contribution < -0.4 is 5.73 Å². The summed E-state index contributed by atoms with van der Waals surface area (Å²) < 4.78 is 24.2. The Balaban J connectivity index is 1.76. The predicted octanol–water partition coefficient (Wildman–Crippen LogP) is 2.38. The highest BCUT2D eigenvalue weighted by Gasteiger charge is 2.27. The summed E-state index contributed by atoms with van der Waals surface area (Å²) >= 11 is 0. The van der Waals surface area contributed by atoms with Crippen LogP contribution in [0.1, 0.15) is 44.2 Å². The number of aromatic carboxylic acids is 1. The Kier molecular flexibility index (Phi) is 5.10. The molecule has 0 aliphatic carbocycles. The predicted molar refractivity (Wildman–Crippen MR) is 104 cm³/mol. The van der Waals surface area contributed by atoms with Gasteiger partial charge in [-0.3, -0.25) is 9.59 Å². The minimum atomic E-state index is -1.40. The number of halogens is 1. The lowest BCUT2D eigenvalue weighted by atomic mass is 10.1. The molecule has 3 aromatic heterocycles. The smallest absolute Gasteiger partial charge is 0.358 e. The fourth-order valence-corrected chi connectivity index (χ4v) is 2.88. The van der Waals surface area contributed by atoms with Crippen LogP contribution in [0, 0.1) is 5.82 Å². The number of furan rings is 1. The second-order valence-electron chi connectivity index (χ2n) is 6.62. The zero-order valence-electron chi connectivity index (χ0n) is 16.4. The van der Waals surface area contributed by atoms with Gasteiger partial charge in [0.1, 0.15) is 18.1 Å². The summed E-state index contributed by atoms with van der Waals surface area (Å²) in [5, 5.41) is 17.6. The zero-order valence-corrected chi connectivity index (χ0v) is 16.4. The number of aromatic nitrogens is 4. The Morgan fingerprint density at radius 3 is 2.38 bits per heavy atom.